The fraction of sp³-hybridized carbons (Fsp3) is 0.316. The van der Waals surface area contributed by atoms with Crippen LogP contribution in [0.5, 0.6) is 0 Å². The van der Waals surface area contributed by atoms with Crippen LogP contribution >= 0.6 is 0 Å². The van der Waals surface area contributed by atoms with Crippen molar-refractivity contribution in [2.24, 2.45) is 0 Å². The van der Waals surface area contributed by atoms with Gasteiger partial charge in [-0.25, -0.2) is 0 Å². The number of hydrogen-bond acceptors (Lipinski definition) is 3. The molecule has 4 nitrogen and oxygen atoms in total. The van der Waals surface area contributed by atoms with Gasteiger partial charge in [0.25, 0.3) is 0 Å². The lowest BCUT2D eigenvalue weighted by molar-refractivity contribution is -0.120. The molecule has 1 amide bonds. The van der Waals surface area contributed by atoms with Gasteiger partial charge in [0.2, 0.25) is 5.91 Å². The molecule has 0 saturated heterocycles. The fourth-order valence-electron chi connectivity index (χ4n) is 2.46. The maximum Gasteiger partial charge on any atom is 0.241 e. The van der Waals surface area contributed by atoms with Gasteiger partial charge in [-0.3, -0.25) is 9.69 Å². The topological polar surface area (TPSA) is 43.8 Å². The lowest BCUT2D eigenvalue weighted by atomic mass is 10.2. The van der Waals surface area contributed by atoms with E-state index in [1.54, 1.807) is 4.90 Å². The van der Waals surface area contributed by atoms with E-state index in [9.17, 15) is 4.79 Å². The molecule has 4 heteroatoms. The van der Waals surface area contributed by atoms with Gasteiger partial charge in [0, 0.05) is 12.2 Å². The number of carbonyl (C=O) groups excluding carboxylic acids is 1. The molecule has 0 atom stereocenters. The summed E-state index contributed by atoms with van der Waals surface area (Å²) in [4.78, 5) is 16.5. The van der Waals surface area contributed by atoms with E-state index in [-0.39, 0.29) is 12.5 Å². The molecular formula is C19H24N2O2. The lowest BCUT2D eigenvalue weighted by Gasteiger charge is -2.27. The number of nitrogens with zero attached hydrogens (tertiary/aromatic N) is 2. The van der Waals surface area contributed by atoms with Gasteiger partial charge in [0.1, 0.15) is 0 Å². The van der Waals surface area contributed by atoms with E-state index in [1.165, 1.54) is 0 Å². The molecule has 0 aliphatic carbocycles. The largest absolute Gasteiger partial charge is 0.395 e. The van der Waals surface area contributed by atoms with E-state index in [4.69, 9.17) is 5.11 Å². The number of hydrogen-bond donors (Lipinski definition) is 1. The van der Waals surface area contributed by atoms with Crippen LogP contribution in [-0.4, -0.2) is 42.2 Å². The van der Waals surface area contributed by atoms with Gasteiger partial charge in [-0.1, -0.05) is 55.5 Å². The van der Waals surface area contributed by atoms with E-state index < -0.39 is 0 Å². The van der Waals surface area contributed by atoms with E-state index in [0.717, 1.165) is 17.8 Å². The highest BCUT2D eigenvalue weighted by molar-refractivity contribution is 5.94. The zero-order valence-electron chi connectivity index (χ0n) is 13.6. The van der Waals surface area contributed by atoms with Crippen LogP contribution < -0.4 is 4.90 Å². The van der Waals surface area contributed by atoms with Gasteiger partial charge in [0.15, 0.2) is 0 Å². The molecule has 0 heterocycles. The number of aliphatic hydroxyl groups excluding tert-OH is 1. The van der Waals surface area contributed by atoms with Gasteiger partial charge in [0.05, 0.1) is 19.7 Å². The van der Waals surface area contributed by atoms with Crippen molar-refractivity contribution in [3.05, 3.63) is 66.2 Å². The second kappa shape index (κ2) is 9.08. The van der Waals surface area contributed by atoms with E-state index in [0.29, 0.717) is 19.6 Å². The minimum absolute atomic E-state index is 0.0374. The molecular weight excluding hydrogens is 288 g/mol. The third kappa shape index (κ3) is 5.20. The SMILES string of the molecule is CCN(CCO)CC(=O)N(Cc1ccccc1)c1ccccc1. The van der Waals surface area contributed by atoms with Gasteiger partial charge in [-0.05, 0) is 24.2 Å². The summed E-state index contributed by atoms with van der Waals surface area (Å²) in [5, 5.41) is 9.10. The minimum Gasteiger partial charge on any atom is -0.395 e. The Kier molecular flexibility index (Phi) is 6.78. The normalized spacial score (nSPS) is 10.7. The number of aliphatic hydroxyl groups is 1. The van der Waals surface area contributed by atoms with Crippen LogP contribution in [0.2, 0.25) is 0 Å². The summed E-state index contributed by atoms with van der Waals surface area (Å²) >= 11 is 0. The molecule has 0 spiro atoms. The summed E-state index contributed by atoms with van der Waals surface area (Å²) in [7, 11) is 0. The third-order valence-electron chi connectivity index (χ3n) is 3.77. The quantitative estimate of drug-likeness (QED) is 0.814. The van der Waals surface area contributed by atoms with Crippen LogP contribution in [-0.2, 0) is 11.3 Å². The number of carbonyl (C=O) groups is 1. The Labute approximate surface area is 138 Å². The molecule has 2 rings (SSSR count). The highest BCUT2D eigenvalue weighted by Gasteiger charge is 2.18. The van der Waals surface area contributed by atoms with Crippen LogP contribution in [0.4, 0.5) is 5.69 Å². The molecule has 0 aliphatic rings. The minimum atomic E-state index is 0.0374. The average Bonchev–Trinajstić information content (AvgIpc) is 2.60. The number of anilines is 1. The molecule has 0 fully saturated rings. The molecule has 0 aromatic heterocycles. The maximum atomic E-state index is 12.8. The van der Waals surface area contributed by atoms with Crippen LogP contribution in [0.25, 0.3) is 0 Å². The number of rotatable bonds is 8. The summed E-state index contributed by atoms with van der Waals surface area (Å²) in [6.45, 7) is 4.15. The Morgan fingerprint density at radius 2 is 1.61 bits per heavy atom. The summed E-state index contributed by atoms with van der Waals surface area (Å²) < 4.78 is 0. The summed E-state index contributed by atoms with van der Waals surface area (Å²) in [6, 6.07) is 19.7. The first-order valence-corrected chi connectivity index (χ1v) is 7.97. The first kappa shape index (κ1) is 17.2. The summed E-state index contributed by atoms with van der Waals surface area (Å²) in [6.07, 6.45) is 0. The van der Waals surface area contributed by atoms with Crippen LogP contribution in [0, 0.1) is 0 Å². The Bertz CT molecular complexity index is 587. The van der Waals surface area contributed by atoms with Crippen molar-refractivity contribution in [1.82, 2.24) is 4.90 Å². The van der Waals surface area contributed by atoms with Crippen molar-refractivity contribution >= 4 is 11.6 Å². The Morgan fingerprint density at radius 1 is 1.00 bits per heavy atom. The second-order valence-corrected chi connectivity index (χ2v) is 5.39. The fourth-order valence-corrected chi connectivity index (χ4v) is 2.46. The molecule has 23 heavy (non-hydrogen) atoms. The van der Waals surface area contributed by atoms with Crippen molar-refractivity contribution in [3.8, 4) is 0 Å². The Hall–Kier alpha value is -2.17. The van der Waals surface area contributed by atoms with E-state index >= 15 is 0 Å². The molecule has 0 aliphatic heterocycles. The molecule has 2 aromatic carbocycles. The third-order valence-corrected chi connectivity index (χ3v) is 3.77. The van der Waals surface area contributed by atoms with Gasteiger partial charge in [-0.15, -0.1) is 0 Å². The molecule has 0 saturated carbocycles. The summed E-state index contributed by atoms with van der Waals surface area (Å²) in [5.41, 5.74) is 1.98. The van der Waals surface area contributed by atoms with E-state index in [1.807, 2.05) is 72.5 Å². The highest BCUT2D eigenvalue weighted by atomic mass is 16.3. The molecule has 0 unspecified atom stereocenters. The van der Waals surface area contributed by atoms with Crippen molar-refractivity contribution in [1.29, 1.82) is 0 Å². The van der Waals surface area contributed by atoms with Crippen molar-refractivity contribution in [2.45, 2.75) is 13.5 Å². The predicted molar refractivity (Wildman–Crippen MR) is 93.3 cm³/mol. The van der Waals surface area contributed by atoms with Crippen LogP contribution in [0.15, 0.2) is 60.7 Å². The first-order chi connectivity index (χ1) is 11.2. The van der Waals surface area contributed by atoms with Gasteiger partial charge < -0.3 is 10.0 Å². The maximum absolute atomic E-state index is 12.8. The lowest BCUT2D eigenvalue weighted by Crippen LogP contribution is -2.41. The average molecular weight is 312 g/mol. The first-order valence-electron chi connectivity index (χ1n) is 7.97. The molecule has 1 N–H and O–H groups in total. The standard InChI is InChI=1S/C19H24N2O2/c1-2-20(13-14-22)16-19(23)21(18-11-7-4-8-12-18)15-17-9-5-3-6-10-17/h3-12,22H,2,13-16H2,1H3. The molecule has 2 aromatic rings. The molecule has 122 valence electrons. The highest BCUT2D eigenvalue weighted by Crippen LogP contribution is 2.17. The van der Waals surface area contributed by atoms with Crippen molar-refractivity contribution < 1.29 is 9.90 Å². The molecule has 0 radical (unpaired) electrons. The number of benzene rings is 2. The zero-order chi connectivity index (χ0) is 16.5. The predicted octanol–water partition coefficient (Wildman–Crippen LogP) is 2.53. The second-order valence-electron chi connectivity index (χ2n) is 5.39. The van der Waals surface area contributed by atoms with Crippen molar-refractivity contribution in [3.63, 3.8) is 0 Å². The monoisotopic (exact) mass is 312 g/mol. The van der Waals surface area contributed by atoms with Crippen molar-refractivity contribution in [2.75, 3.05) is 31.1 Å². The van der Waals surface area contributed by atoms with Crippen LogP contribution in [0.3, 0.4) is 0 Å². The van der Waals surface area contributed by atoms with Gasteiger partial charge in [-0.2, -0.15) is 0 Å². The summed E-state index contributed by atoms with van der Waals surface area (Å²) in [5.74, 6) is 0.0374. The number of para-hydroxylation sites is 1. The zero-order valence-corrected chi connectivity index (χ0v) is 13.6. The van der Waals surface area contributed by atoms with Crippen LogP contribution in [0.1, 0.15) is 12.5 Å². The Morgan fingerprint density at radius 3 is 2.17 bits per heavy atom. The Balaban J connectivity index is 2.17. The van der Waals surface area contributed by atoms with Gasteiger partial charge >= 0.3 is 0 Å². The smallest absolute Gasteiger partial charge is 0.241 e. The number of likely N-dealkylation sites (N-methyl/N-ethyl adjacent to an activating group) is 1. The number of amides is 1. The molecule has 0 bridgehead atoms. The van der Waals surface area contributed by atoms with E-state index in [2.05, 4.69) is 0 Å².